The molecule has 2 unspecified atom stereocenters. The zero-order chi connectivity index (χ0) is 14.1. The second-order valence-electron chi connectivity index (χ2n) is 5.00. The monoisotopic (exact) mass is 374 g/mol. The number of aromatic nitrogens is 4. The Morgan fingerprint density at radius 3 is 3.14 bits per heavy atom. The maximum absolute atomic E-state index is 12.2. The molecule has 2 aromatic rings. The second kappa shape index (κ2) is 6.67. The summed E-state index contributed by atoms with van der Waals surface area (Å²) >= 11 is 3.31. The molecule has 114 valence electrons. The number of rotatable bonds is 2. The Morgan fingerprint density at radius 2 is 2.38 bits per heavy atom. The highest BCUT2D eigenvalue weighted by Gasteiger charge is 2.24. The van der Waals surface area contributed by atoms with Gasteiger partial charge in [0.15, 0.2) is 0 Å². The van der Waals surface area contributed by atoms with Crippen LogP contribution < -0.4 is 10.6 Å². The van der Waals surface area contributed by atoms with Gasteiger partial charge < -0.3 is 10.6 Å². The highest BCUT2D eigenvalue weighted by atomic mass is 79.9. The Kier molecular flexibility index (Phi) is 5.13. The highest BCUT2D eigenvalue weighted by Crippen LogP contribution is 2.11. The summed E-state index contributed by atoms with van der Waals surface area (Å²) in [4.78, 5) is 20.4. The SMILES string of the molecule is CC1CNCCC1NC(=O)c1nc2ncc(Br)cn2n1.Cl. The summed E-state index contributed by atoms with van der Waals surface area (Å²) in [7, 11) is 0. The lowest BCUT2D eigenvalue weighted by molar-refractivity contribution is 0.0904. The van der Waals surface area contributed by atoms with Gasteiger partial charge >= 0.3 is 0 Å². The van der Waals surface area contributed by atoms with Gasteiger partial charge in [-0.05, 0) is 41.4 Å². The normalized spacial score (nSPS) is 21.8. The highest BCUT2D eigenvalue weighted by molar-refractivity contribution is 9.10. The third kappa shape index (κ3) is 3.50. The van der Waals surface area contributed by atoms with Gasteiger partial charge in [0, 0.05) is 18.4 Å². The van der Waals surface area contributed by atoms with Crippen LogP contribution in [0.3, 0.4) is 0 Å². The maximum atomic E-state index is 12.2. The standard InChI is InChI=1S/C12H15BrN6O.ClH/c1-7-4-14-3-2-9(7)16-11(20)10-17-12-15-5-8(13)6-19(12)18-10;/h5-7,9,14H,2-4H2,1H3,(H,16,20);1H. The fourth-order valence-corrected chi connectivity index (χ4v) is 2.61. The summed E-state index contributed by atoms with van der Waals surface area (Å²) in [5.74, 6) is 0.723. The summed E-state index contributed by atoms with van der Waals surface area (Å²) < 4.78 is 2.28. The van der Waals surface area contributed by atoms with Gasteiger partial charge in [0.25, 0.3) is 11.7 Å². The van der Waals surface area contributed by atoms with Gasteiger partial charge in [-0.15, -0.1) is 17.5 Å². The molecule has 7 nitrogen and oxygen atoms in total. The van der Waals surface area contributed by atoms with Crippen molar-refractivity contribution >= 4 is 40.0 Å². The molecule has 2 N–H and O–H groups in total. The molecule has 0 aliphatic carbocycles. The van der Waals surface area contributed by atoms with E-state index < -0.39 is 0 Å². The summed E-state index contributed by atoms with van der Waals surface area (Å²) in [5.41, 5.74) is 0. The van der Waals surface area contributed by atoms with Crippen LogP contribution in [-0.4, -0.2) is 44.6 Å². The van der Waals surface area contributed by atoms with Crippen molar-refractivity contribution in [2.24, 2.45) is 5.92 Å². The summed E-state index contributed by atoms with van der Waals surface area (Å²) in [6, 6.07) is 0.162. The lowest BCUT2D eigenvalue weighted by Crippen LogP contribution is -2.48. The molecule has 0 saturated carbocycles. The lowest BCUT2D eigenvalue weighted by Gasteiger charge is -2.29. The molecule has 1 saturated heterocycles. The van der Waals surface area contributed by atoms with Crippen molar-refractivity contribution in [3.8, 4) is 0 Å². The van der Waals surface area contributed by atoms with Crippen LogP contribution in [-0.2, 0) is 0 Å². The van der Waals surface area contributed by atoms with Gasteiger partial charge in [-0.3, -0.25) is 4.79 Å². The molecule has 2 atom stereocenters. The Balaban J connectivity index is 0.00000161. The number of nitrogens with one attached hydrogen (secondary N) is 2. The van der Waals surface area contributed by atoms with Crippen LogP contribution in [0, 0.1) is 5.92 Å². The van der Waals surface area contributed by atoms with E-state index in [9.17, 15) is 4.79 Å². The van der Waals surface area contributed by atoms with Crippen LogP contribution in [0.5, 0.6) is 0 Å². The van der Waals surface area contributed by atoms with Crippen molar-refractivity contribution in [3.05, 3.63) is 22.7 Å². The number of fused-ring (bicyclic) bond motifs is 1. The molecule has 0 aromatic carbocycles. The summed E-state index contributed by atoms with van der Waals surface area (Å²) in [6.07, 6.45) is 4.27. The number of carbonyl (C=O) groups excluding carboxylic acids is 1. The molecule has 1 fully saturated rings. The van der Waals surface area contributed by atoms with Gasteiger partial charge in [0.05, 0.1) is 4.47 Å². The number of nitrogens with zero attached hydrogens (tertiary/aromatic N) is 4. The first kappa shape index (κ1) is 16.1. The molecule has 0 spiro atoms. The quantitative estimate of drug-likeness (QED) is 0.819. The van der Waals surface area contributed by atoms with E-state index >= 15 is 0 Å². The maximum Gasteiger partial charge on any atom is 0.291 e. The fraction of sp³-hybridized carbons (Fsp3) is 0.500. The Morgan fingerprint density at radius 1 is 1.57 bits per heavy atom. The molecule has 0 bridgehead atoms. The predicted molar refractivity (Wildman–Crippen MR) is 83.6 cm³/mol. The van der Waals surface area contributed by atoms with Crippen LogP contribution in [0.15, 0.2) is 16.9 Å². The van der Waals surface area contributed by atoms with Crippen molar-refractivity contribution in [2.75, 3.05) is 13.1 Å². The molecule has 1 aliphatic heterocycles. The van der Waals surface area contributed by atoms with Crippen LogP contribution in [0.1, 0.15) is 24.0 Å². The Hall–Kier alpha value is -1.25. The molecule has 1 amide bonds. The van der Waals surface area contributed by atoms with Gasteiger partial charge in [-0.2, -0.15) is 4.98 Å². The largest absolute Gasteiger partial charge is 0.346 e. The van der Waals surface area contributed by atoms with Crippen molar-refractivity contribution in [1.82, 2.24) is 30.2 Å². The van der Waals surface area contributed by atoms with E-state index in [1.807, 2.05) is 0 Å². The Bertz CT molecular complexity index is 648. The summed E-state index contributed by atoms with van der Waals surface area (Å²) in [5, 5.41) is 10.5. The molecular weight excluding hydrogens is 360 g/mol. The fourth-order valence-electron chi connectivity index (χ4n) is 2.32. The van der Waals surface area contributed by atoms with Gasteiger partial charge in [-0.1, -0.05) is 6.92 Å². The van der Waals surface area contributed by atoms with E-state index in [1.54, 1.807) is 12.4 Å². The van der Waals surface area contributed by atoms with E-state index in [1.165, 1.54) is 4.52 Å². The number of hydrogen-bond donors (Lipinski definition) is 2. The molecule has 3 rings (SSSR count). The molecule has 21 heavy (non-hydrogen) atoms. The van der Waals surface area contributed by atoms with Crippen molar-refractivity contribution < 1.29 is 4.79 Å². The minimum atomic E-state index is -0.245. The molecule has 0 radical (unpaired) electrons. The van der Waals surface area contributed by atoms with E-state index in [-0.39, 0.29) is 30.2 Å². The molecule has 2 aromatic heterocycles. The number of piperidine rings is 1. The Labute approximate surface area is 136 Å². The zero-order valence-corrected chi connectivity index (χ0v) is 13.8. The average Bonchev–Trinajstić information content (AvgIpc) is 2.84. The van der Waals surface area contributed by atoms with Gasteiger partial charge in [0.2, 0.25) is 5.82 Å². The van der Waals surface area contributed by atoms with Crippen LogP contribution in [0.25, 0.3) is 5.78 Å². The van der Waals surface area contributed by atoms with E-state index in [4.69, 9.17) is 0 Å². The van der Waals surface area contributed by atoms with Crippen molar-refractivity contribution in [1.29, 1.82) is 0 Å². The lowest BCUT2D eigenvalue weighted by atomic mass is 9.95. The first-order valence-electron chi connectivity index (χ1n) is 6.53. The predicted octanol–water partition coefficient (Wildman–Crippen LogP) is 1.04. The number of hydrogen-bond acceptors (Lipinski definition) is 5. The number of carbonyl (C=O) groups is 1. The smallest absolute Gasteiger partial charge is 0.291 e. The third-order valence-electron chi connectivity index (χ3n) is 3.47. The van der Waals surface area contributed by atoms with Crippen molar-refractivity contribution in [3.63, 3.8) is 0 Å². The van der Waals surface area contributed by atoms with E-state index in [2.05, 4.69) is 48.6 Å². The van der Waals surface area contributed by atoms with E-state index in [0.29, 0.717) is 11.7 Å². The van der Waals surface area contributed by atoms with Crippen LogP contribution in [0.2, 0.25) is 0 Å². The topological polar surface area (TPSA) is 84.2 Å². The first-order chi connectivity index (χ1) is 9.63. The number of amides is 1. The molecule has 1 aliphatic rings. The van der Waals surface area contributed by atoms with Crippen LogP contribution in [0.4, 0.5) is 0 Å². The second-order valence-corrected chi connectivity index (χ2v) is 5.92. The average molecular weight is 376 g/mol. The summed E-state index contributed by atoms with van der Waals surface area (Å²) in [6.45, 7) is 3.95. The minimum absolute atomic E-state index is 0. The molecular formula is C12H16BrClN6O. The third-order valence-corrected chi connectivity index (χ3v) is 3.88. The van der Waals surface area contributed by atoms with Crippen molar-refractivity contribution in [2.45, 2.75) is 19.4 Å². The zero-order valence-electron chi connectivity index (χ0n) is 11.4. The van der Waals surface area contributed by atoms with Crippen LogP contribution >= 0.6 is 28.3 Å². The van der Waals surface area contributed by atoms with Gasteiger partial charge in [0.1, 0.15) is 0 Å². The minimum Gasteiger partial charge on any atom is -0.346 e. The molecule has 9 heteroatoms. The first-order valence-corrected chi connectivity index (χ1v) is 7.32. The number of halogens is 2. The van der Waals surface area contributed by atoms with E-state index in [0.717, 1.165) is 24.0 Å². The molecule has 3 heterocycles. The van der Waals surface area contributed by atoms with Gasteiger partial charge in [-0.25, -0.2) is 9.50 Å².